The highest BCUT2D eigenvalue weighted by Crippen LogP contribution is 2.39. The highest BCUT2D eigenvalue weighted by Gasteiger charge is 2.27. The lowest BCUT2D eigenvalue weighted by Gasteiger charge is -2.06. The molecular formula is C12H13N5S. The fourth-order valence-corrected chi connectivity index (χ4v) is 2.39. The lowest BCUT2D eigenvalue weighted by Crippen LogP contribution is -2.10. The van der Waals surface area contributed by atoms with E-state index in [-0.39, 0.29) is 0 Å². The largest absolute Gasteiger partial charge is 0.308 e. The molecule has 92 valence electrons. The van der Waals surface area contributed by atoms with E-state index in [9.17, 15) is 0 Å². The number of pyridine rings is 1. The van der Waals surface area contributed by atoms with Crippen LogP contribution in [0, 0.1) is 0 Å². The molecule has 2 aromatic rings. The number of nitrogens with two attached hydrogens (primary N) is 1. The van der Waals surface area contributed by atoms with Crippen molar-refractivity contribution in [1.82, 2.24) is 15.0 Å². The molecule has 1 fully saturated rings. The number of aromatic nitrogens is 3. The van der Waals surface area contributed by atoms with Gasteiger partial charge in [-0.1, -0.05) is 6.07 Å². The maximum Gasteiger partial charge on any atom is 0.144 e. The average molecular weight is 259 g/mol. The number of nitrogens with zero attached hydrogens (tertiary/aromatic N) is 3. The lowest BCUT2D eigenvalue weighted by molar-refractivity contribution is 0.877. The summed E-state index contributed by atoms with van der Waals surface area (Å²) in [5.41, 5.74) is 2.59. The van der Waals surface area contributed by atoms with Gasteiger partial charge in [0.05, 0.1) is 0 Å². The SMILES string of the molecule is NNc1cc(Sc2ccccn2)nc(C2CC2)n1. The van der Waals surface area contributed by atoms with E-state index in [4.69, 9.17) is 5.84 Å². The summed E-state index contributed by atoms with van der Waals surface area (Å²) in [6.45, 7) is 0. The van der Waals surface area contributed by atoms with E-state index in [0.717, 1.165) is 15.9 Å². The van der Waals surface area contributed by atoms with Gasteiger partial charge in [0.2, 0.25) is 0 Å². The molecule has 3 N–H and O–H groups in total. The Morgan fingerprint density at radius 1 is 1.22 bits per heavy atom. The molecule has 0 bridgehead atoms. The molecule has 3 rings (SSSR count). The van der Waals surface area contributed by atoms with Crippen LogP contribution in [0.2, 0.25) is 0 Å². The van der Waals surface area contributed by atoms with Gasteiger partial charge in [0, 0.05) is 18.2 Å². The molecule has 18 heavy (non-hydrogen) atoms. The predicted molar refractivity (Wildman–Crippen MR) is 70.2 cm³/mol. The second-order valence-corrected chi connectivity index (χ2v) is 5.18. The van der Waals surface area contributed by atoms with Gasteiger partial charge in [-0.2, -0.15) is 0 Å². The van der Waals surface area contributed by atoms with Crippen molar-refractivity contribution in [2.45, 2.75) is 28.8 Å². The van der Waals surface area contributed by atoms with Gasteiger partial charge in [-0.15, -0.1) is 0 Å². The molecular weight excluding hydrogens is 246 g/mol. The van der Waals surface area contributed by atoms with Crippen LogP contribution in [0.15, 0.2) is 40.5 Å². The van der Waals surface area contributed by atoms with Gasteiger partial charge in [-0.25, -0.2) is 20.8 Å². The Morgan fingerprint density at radius 3 is 2.78 bits per heavy atom. The van der Waals surface area contributed by atoms with E-state index in [1.807, 2.05) is 24.3 Å². The Balaban J connectivity index is 1.88. The Kier molecular flexibility index (Phi) is 3.12. The van der Waals surface area contributed by atoms with Gasteiger partial charge in [0.15, 0.2) is 0 Å². The normalized spacial score (nSPS) is 14.5. The van der Waals surface area contributed by atoms with Crippen molar-refractivity contribution in [3.05, 3.63) is 36.3 Å². The summed E-state index contributed by atoms with van der Waals surface area (Å²) in [6.07, 6.45) is 4.11. The standard InChI is InChI=1S/C12H13N5S/c13-17-9-7-11(16-12(15-9)8-4-5-8)18-10-3-1-2-6-14-10/h1-3,6-8H,4-5,13H2,(H,15,16,17). The zero-order valence-corrected chi connectivity index (χ0v) is 10.5. The molecule has 0 spiro atoms. The lowest BCUT2D eigenvalue weighted by atomic mass is 10.4. The number of anilines is 1. The van der Waals surface area contributed by atoms with Crippen LogP contribution in [-0.4, -0.2) is 15.0 Å². The smallest absolute Gasteiger partial charge is 0.144 e. The number of hydrogen-bond donors (Lipinski definition) is 2. The first-order valence-corrected chi connectivity index (χ1v) is 6.61. The summed E-state index contributed by atoms with van der Waals surface area (Å²) in [5, 5.41) is 1.79. The summed E-state index contributed by atoms with van der Waals surface area (Å²) >= 11 is 1.52. The Hall–Kier alpha value is -1.66. The zero-order chi connectivity index (χ0) is 12.4. The van der Waals surface area contributed by atoms with Crippen LogP contribution in [0.3, 0.4) is 0 Å². The average Bonchev–Trinajstić information content (AvgIpc) is 3.24. The molecule has 6 heteroatoms. The molecule has 5 nitrogen and oxygen atoms in total. The highest BCUT2D eigenvalue weighted by molar-refractivity contribution is 7.99. The summed E-state index contributed by atoms with van der Waals surface area (Å²) < 4.78 is 0. The van der Waals surface area contributed by atoms with Crippen LogP contribution < -0.4 is 11.3 Å². The van der Waals surface area contributed by atoms with Crippen molar-refractivity contribution in [1.29, 1.82) is 0 Å². The molecule has 1 aliphatic carbocycles. The highest BCUT2D eigenvalue weighted by atomic mass is 32.2. The van der Waals surface area contributed by atoms with Crippen LogP contribution in [0.1, 0.15) is 24.6 Å². The maximum absolute atomic E-state index is 5.44. The molecule has 1 aliphatic rings. The molecule has 0 unspecified atom stereocenters. The molecule has 2 aromatic heterocycles. The molecule has 0 atom stereocenters. The fraction of sp³-hybridized carbons (Fsp3) is 0.250. The minimum absolute atomic E-state index is 0.501. The number of hydrogen-bond acceptors (Lipinski definition) is 6. The van der Waals surface area contributed by atoms with Gasteiger partial charge in [-0.05, 0) is 36.7 Å². The Bertz CT molecular complexity index is 541. The monoisotopic (exact) mass is 259 g/mol. The van der Waals surface area contributed by atoms with Gasteiger partial charge < -0.3 is 5.43 Å². The van der Waals surface area contributed by atoms with E-state index in [0.29, 0.717) is 11.7 Å². The van der Waals surface area contributed by atoms with Crippen LogP contribution in [-0.2, 0) is 0 Å². The topological polar surface area (TPSA) is 76.7 Å². The summed E-state index contributed by atoms with van der Waals surface area (Å²) in [4.78, 5) is 13.2. The van der Waals surface area contributed by atoms with Crippen molar-refractivity contribution in [2.24, 2.45) is 5.84 Å². The number of nitrogen functional groups attached to an aromatic ring is 1. The van der Waals surface area contributed by atoms with Crippen LogP contribution in [0.5, 0.6) is 0 Å². The number of nitrogens with one attached hydrogen (secondary N) is 1. The first-order valence-electron chi connectivity index (χ1n) is 5.79. The van der Waals surface area contributed by atoms with Crippen LogP contribution >= 0.6 is 11.8 Å². The first kappa shape index (κ1) is 11.4. The summed E-state index contributed by atoms with van der Waals surface area (Å²) in [6, 6.07) is 7.65. The van der Waals surface area contributed by atoms with Crippen molar-refractivity contribution >= 4 is 17.6 Å². The quantitative estimate of drug-likeness (QED) is 0.498. The Morgan fingerprint density at radius 2 is 2.11 bits per heavy atom. The summed E-state index contributed by atoms with van der Waals surface area (Å²) in [7, 11) is 0. The van der Waals surface area contributed by atoms with Crippen LogP contribution in [0.25, 0.3) is 0 Å². The van der Waals surface area contributed by atoms with Crippen molar-refractivity contribution in [3.63, 3.8) is 0 Å². The van der Waals surface area contributed by atoms with Crippen LogP contribution in [0.4, 0.5) is 5.82 Å². The molecule has 0 aromatic carbocycles. The molecule has 0 saturated heterocycles. The summed E-state index contributed by atoms with van der Waals surface area (Å²) in [5.74, 6) is 7.47. The van der Waals surface area contributed by atoms with Crippen molar-refractivity contribution in [3.8, 4) is 0 Å². The van der Waals surface area contributed by atoms with E-state index in [2.05, 4.69) is 20.4 Å². The van der Waals surface area contributed by atoms with Gasteiger partial charge >= 0.3 is 0 Å². The van der Waals surface area contributed by atoms with E-state index in [1.165, 1.54) is 24.6 Å². The second-order valence-electron chi connectivity index (χ2n) is 4.14. The third-order valence-corrected chi connectivity index (χ3v) is 3.53. The third kappa shape index (κ3) is 2.60. The van der Waals surface area contributed by atoms with Gasteiger partial charge in [0.25, 0.3) is 0 Å². The third-order valence-electron chi connectivity index (χ3n) is 2.66. The van der Waals surface area contributed by atoms with E-state index >= 15 is 0 Å². The van der Waals surface area contributed by atoms with Crippen molar-refractivity contribution in [2.75, 3.05) is 5.43 Å². The fourth-order valence-electron chi connectivity index (χ4n) is 1.61. The minimum Gasteiger partial charge on any atom is -0.308 e. The van der Waals surface area contributed by atoms with Gasteiger partial charge in [-0.3, -0.25) is 0 Å². The van der Waals surface area contributed by atoms with Crippen molar-refractivity contribution < 1.29 is 0 Å². The minimum atomic E-state index is 0.501. The number of hydrazine groups is 1. The van der Waals surface area contributed by atoms with E-state index < -0.39 is 0 Å². The molecule has 0 amide bonds. The Labute approximate surface area is 109 Å². The molecule has 0 aliphatic heterocycles. The number of rotatable bonds is 4. The molecule has 1 saturated carbocycles. The first-order chi connectivity index (χ1) is 8.85. The maximum atomic E-state index is 5.44. The zero-order valence-electron chi connectivity index (χ0n) is 9.71. The molecule has 0 radical (unpaired) electrons. The molecule has 2 heterocycles. The van der Waals surface area contributed by atoms with Gasteiger partial charge in [0.1, 0.15) is 21.7 Å². The predicted octanol–water partition coefficient (Wildman–Crippen LogP) is 2.19. The van der Waals surface area contributed by atoms with E-state index in [1.54, 1.807) is 6.20 Å². The second kappa shape index (κ2) is 4.91.